The molecule has 3 N–H and O–H groups in total. The summed E-state index contributed by atoms with van der Waals surface area (Å²) in [5.41, 5.74) is 5.71. The van der Waals surface area contributed by atoms with Gasteiger partial charge in [-0.25, -0.2) is 4.39 Å². The highest BCUT2D eigenvalue weighted by molar-refractivity contribution is 14.0. The van der Waals surface area contributed by atoms with E-state index in [2.05, 4.69) is 24.2 Å². The van der Waals surface area contributed by atoms with Crippen LogP contribution in [0.1, 0.15) is 20.8 Å². The molecular weight excluding hydrogens is 372 g/mol. The molecule has 0 saturated carbocycles. The lowest BCUT2D eigenvalue weighted by molar-refractivity contribution is 0.223. The molecule has 20 heavy (non-hydrogen) atoms. The van der Waals surface area contributed by atoms with Gasteiger partial charge in [0.05, 0.1) is 6.54 Å². The molecule has 0 aliphatic rings. The zero-order valence-corrected chi connectivity index (χ0v) is 14.4. The first-order valence-electron chi connectivity index (χ1n) is 6.43. The first-order valence-corrected chi connectivity index (χ1v) is 6.43. The van der Waals surface area contributed by atoms with E-state index in [0.29, 0.717) is 30.7 Å². The summed E-state index contributed by atoms with van der Waals surface area (Å²) in [7, 11) is 0. The molecule has 0 spiro atoms. The minimum absolute atomic E-state index is 0. The van der Waals surface area contributed by atoms with Crippen LogP contribution in [0.4, 0.5) is 4.39 Å². The van der Waals surface area contributed by atoms with E-state index in [1.807, 2.05) is 6.92 Å². The molecule has 0 radical (unpaired) electrons. The van der Waals surface area contributed by atoms with Crippen molar-refractivity contribution in [2.45, 2.75) is 26.9 Å². The number of aliphatic imine (C=N–C) groups is 1. The lowest BCUT2D eigenvalue weighted by atomic mass is 10.2. The Morgan fingerprint density at radius 3 is 2.70 bits per heavy atom. The van der Waals surface area contributed by atoms with Crippen LogP contribution in [0.15, 0.2) is 29.3 Å². The van der Waals surface area contributed by atoms with Crippen LogP contribution < -0.4 is 15.8 Å². The molecular formula is C14H23FIN3O. The fourth-order valence-electron chi connectivity index (χ4n) is 1.40. The summed E-state index contributed by atoms with van der Waals surface area (Å²) in [6.07, 6.45) is -0.130. The van der Waals surface area contributed by atoms with Crippen LogP contribution in [0, 0.1) is 11.7 Å². The number of nitrogens with zero attached hydrogens (tertiary/aromatic N) is 1. The third kappa shape index (κ3) is 8.19. The van der Waals surface area contributed by atoms with Crippen molar-refractivity contribution in [3.05, 3.63) is 30.1 Å². The molecule has 0 bridgehead atoms. The van der Waals surface area contributed by atoms with Gasteiger partial charge in [0, 0.05) is 12.6 Å². The first-order chi connectivity index (χ1) is 8.97. The van der Waals surface area contributed by atoms with Gasteiger partial charge in [-0.05, 0) is 25.0 Å². The van der Waals surface area contributed by atoms with Gasteiger partial charge in [0.25, 0.3) is 0 Å². The monoisotopic (exact) mass is 395 g/mol. The molecule has 0 heterocycles. The van der Waals surface area contributed by atoms with Gasteiger partial charge in [-0.3, -0.25) is 4.99 Å². The number of ether oxygens (including phenoxy) is 1. The zero-order chi connectivity index (χ0) is 14.3. The fraction of sp³-hybridized carbons (Fsp3) is 0.500. The lowest BCUT2D eigenvalue weighted by Gasteiger charge is -2.16. The highest BCUT2D eigenvalue weighted by atomic mass is 127. The predicted octanol–water partition coefficient (Wildman–Crippen LogP) is 2.77. The van der Waals surface area contributed by atoms with Crippen molar-refractivity contribution >= 4 is 29.9 Å². The Morgan fingerprint density at radius 1 is 1.40 bits per heavy atom. The Balaban J connectivity index is 0.00000361. The summed E-state index contributed by atoms with van der Waals surface area (Å²) >= 11 is 0. The number of benzene rings is 1. The van der Waals surface area contributed by atoms with Crippen LogP contribution in [-0.2, 0) is 0 Å². The molecule has 0 aliphatic carbocycles. The Hall–Kier alpha value is -1.05. The number of hydrogen-bond donors (Lipinski definition) is 2. The minimum atomic E-state index is -0.310. The van der Waals surface area contributed by atoms with Gasteiger partial charge in [0.2, 0.25) is 0 Å². The number of nitrogens with two attached hydrogens (primary N) is 1. The quantitative estimate of drug-likeness (QED) is 0.443. The number of guanidine groups is 1. The van der Waals surface area contributed by atoms with Gasteiger partial charge in [0.15, 0.2) is 5.96 Å². The average Bonchev–Trinajstić information content (AvgIpc) is 2.34. The van der Waals surface area contributed by atoms with Crippen molar-refractivity contribution in [2.75, 3.05) is 13.1 Å². The van der Waals surface area contributed by atoms with E-state index < -0.39 is 0 Å². The van der Waals surface area contributed by atoms with Gasteiger partial charge in [-0.2, -0.15) is 0 Å². The van der Waals surface area contributed by atoms with Crippen molar-refractivity contribution in [1.82, 2.24) is 5.32 Å². The van der Waals surface area contributed by atoms with E-state index in [1.54, 1.807) is 12.1 Å². The standard InChI is InChI=1S/C14H22FN3O.HI/c1-10(2)8-17-14(16)18-9-11(3)19-13-6-4-5-12(15)7-13;/h4-7,10-11H,8-9H2,1-3H3,(H3,16,17,18);1H. The maximum Gasteiger partial charge on any atom is 0.188 e. The predicted molar refractivity (Wildman–Crippen MR) is 91.2 cm³/mol. The second-order valence-electron chi connectivity index (χ2n) is 4.89. The lowest BCUT2D eigenvalue weighted by Crippen LogP contribution is -2.38. The molecule has 0 saturated heterocycles. The summed E-state index contributed by atoms with van der Waals surface area (Å²) in [5.74, 6) is 1.08. The smallest absolute Gasteiger partial charge is 0.188 e. The van der Waals surface area contributed by atoms with E-state index in [-0.39, 0.29) is 35.9 Å². The second kappa shape index (κ2) is 9.79. The molecule has 1 rings (SSSR count). The average molecular weight is 395 g/mol. The first kappa shape index (κ1) is 18.9. The number of rotatable bonds is 6. The van der Waals surface area contributed by atoms with Crippen LogP contribution in [0.25, 0.3) is 0 Å². The summed E-state index contributed by atoms with van der Waals surface area (Å²) in [6, 6.07) is 6.07. The van der Waals surface area contributed by atoms with Crippen LogP contribution >= 0.6 is 24.0 Å². The van der Waals surface area contributed by atoms with E-state index >= 15 is 0 Å². The Bertz CT molecular complexity index is 427. The van der Waals surface area contributed by atoms with E-state index in [9.17, 15) is 4.39 Å². The molecule has 0 aromatic heterocycles. The number of nitrogens with one attached hydrogen (secondary N) is 1. The van der Waals surface area contributed by atoms with Gasteiger partial charge in [0.1, 0.15) is 17.7 Å². The van der Waals surface area contributed by atoms with Gasteiger partial charge in [-0.1, -0.05) is 19.9 Å². The maximum absolute atomic E-state index is 13.0. The molecule has 1 atom stereocenters. The molecule has 0 amide bonds. The maximum atomic E-state index is 13.0. The third-order valence-corrected chi connectivity index (χ3v) is 2.33. The van der Waals surface area contributed by atoms with Gasteiger partial charge in [-0.15, -0.1) is 24.0 Å². The highest BCUT2D eigenvalue weighted by Crippen LogP contribution is 2.13. The topological polar surface area (TPSA) is 59.6 Å². The van der Waals surface area contributed by atoms with Gasteiger partial charge >= 0.3 is 0 Å². The Kier molecular flexibility index (Phi) is 9.28. The van der Waals surface area contributed by atoms with Crippen molar-refractivity contribution in [3.63, 3.8) is 0 Å². The van der Waals surface area contributed by atoms with E-state index in [1.165, 1.54) is 12.1 Å². The normalized spacial score (nSPS) is 12.8. The van der Waals surface area contributed by atoms with Crippen molar-refractivity contribution < 1.29 is 9.13 Å². The van der Waals surface area contributed by atoms with Crippen molar-refractivity contribution in [2.24, 2.45) is 16.6 Å². The molecule has 4 nitrogen and oxygen atoms in total. The van der Waals surface area contributed by atoms with Crippen molar-refractivity contribution in [3.8, 4) is 5.75 Å². The van der Waals surface area contributed by atoms with Gasteiger partial charge < -0.3 is 15.8 Å². The van der Waals surface area contributed by atoms with Crippen LogP contribution in [0.3, 0.4) is 0 Å². The van der Waals surface area contributed by atoms with Crippen molar-refractivity contribution in [1.29, 1.82) is 0 Å². The summed E-state index contributed by atoms with van der Waals surface area (Å²) in [4.78, 5) is 4.18. The fourth-order valence-corrected chi connectivity index (χ4v) is 1.40. The molecule has 1 aromatic rings. The van der Waals surface area contributed by atoms with Crippen LogP contribution in [0.2, 0.25) is 0 Å². The summed E-state index contributed by atoms with van der Waals surface area (Å²) in [6.45, 7) is 7.24. The molecule has 6 heteroatoms. The Morgan fingerprint density at radius 2 is 2.10 bits per heavy atom. The molecule has 0 aliphatic heterocycles. The SMILES string of the molecule is CC(C)CN=C(N)NCC(C)Oc1cccc(F)c1.I. The minimum Gasteiger partial charge on any atom is -0.489 e. The molecule has 0 fully saturated rings. The molecule has 1 unspecified atom stereocenters. The third-order valence-electron chi connectivity index (χ3n) is 2.33. The summed E-state index contributed by atoms with van der Waals surface area (Å²) in [5, 5.41) is 2.98. The highest BCUT2D eigenvalue weighted by Gasteiger charge is 2.05. The Labute approximate surface area is 137 Å². The van der Waals surface area contributed by atoms with E-state index in [4.69, 9.17) is 10.5 Å². The summed E-state index contributed by atoms with van der Waals surface area (Å²) < 4.78 is 18.5. The number of halogens is 2. The number of hydrogen-bond acceptors (Lipinski definition) is 2. The molecule has 114 valence electrons. The van der Waals surface area contributed by atoms with E-state index in [0.717, 1.165) is 0 Å². The second-order valence-corrected chi connectivity index (χ2v) is 4.89. The molecule has 1 aromatic carbocycles. The van der Waals surface area contributed by atoms with Crippen LogP contribution in [-0.4, -0.2) is 25.2 Å². The van der Waals surface area contributed by atoms with Crippen LogP contribution in [0.5, 0.6) is 5.75 Å². The zero-order valence-electron chi connectivity index (χ0n) is 12.1. The largest absolute Gasteiger partial charge is 0.489 e.